The predicted octanol–water partition coefficient (Wildman–Crippen LogP) is 3.92. The van der Waals surface area contributed by atoms with Gasteiger partial charge in [0.05, 0.1) is 12.4 Å². The molecule has 4 nitrogen and oxygen atoms in total. The Morgan fingerprint density at radius 1 is 0.658 bits per heavy atom. The number of aromatic hydroxyl groups is 1. The van der Waals surface area contributed by atoms with E-state index in [2.05, 4.69) is 113 Å². The van der Waals surface area contributed by atoms with Crippen molar-refractivity contribution in [2.75, 3.05) is 11.6 Å². The molecule has 1 N–H and O–H groups in total. The second kappa shape index (κ2) is 10.4. The summed E-state index contributed by atoms with van der Waals surface area (Å²) >= 11 is 0. The molecular weight excluding hydrogens is 482 g/mol. The average molecular weight is 512 g/mol. The van der Waals surface area contributed by atoms with Gasteiger partial charge in [-0.3, -0.25) is 4.98 Å². The molecule has 5 aromatic rings. The van der Waals surface area contributed by atoms with Gasteiger partial charge in [-0.15, -0.1) is 0 Å². The molecule has 0 saturated carbocycles. The minimum atomic E-state index is -2.65. The van der Waals surface area contributed by atoms with Gasteiger partial charge in [0.15, 0.2) is 0 Å². The van der Waals surface area contributed by atoms with Gasteiger partial charge in [0.1, 0.15) is 5.75 Å². The molecule has 6 rings (SSSR count). The molecule has 0 radical (unpaired) electrons. The summed E-state index contributed by atoms with van der Waals surface area (Å²) in [7, 11) is -2.65. The van der Waals surface area contributed by atoms with Gasteiger partial charge in [-0.2, -0.15) is 0 Å². The van der Waals surface area contributed by atoms with E-state index in [1.807, 2.05) is 36.7 Å². The van der Waals surface area contributed by atoms with E-state index in [0.717, 1.165) is 17.5 Å². The first kappa shape index (κ1) is 23.8. The number of pyridine rings is 1. The van der Waals surface area contributed by atoms with Crippen LogP contribution in [0.3, 0.4) is 0 Å². The van der Waals surface area contributed by atoms with Gasteiger partial charge in [0.25, 0.3) is 0 Å². The third-order valence-electron chi connectivity index (χ3n) is 7.19. The zero-order valence-electron chi connectivity index (χ0n) is 21.1. The predicted molar refractivity (Wildman–Crippen MR) is 158 cm³/mol. The van der Waals surface area contributed by atoms with Crippen LogP contribution in [0, 0.1) is 0 Å². The Hall–Kier alpha value is -4.61. The van der Waals surface area contributed by atoms with Crippen LogP contribution in [0.25, 0.3) is 0 Å². The van der Waals surface area contributed by atoms with Crippen LogP contribution in [0.5, 0.6) is 5.75 Å². The van der Waals surface area contributed by atoms with Crippen molar-refractivity contribution in [2.24, 2.45) is 0 Å². The number of hydrogen-bond donors (Lipinski definition) is 1. The third-order valence-corrected chi connectivity index (χ3v) is 11.8. The lowest BCUT2D eigenvalue weighted by Crippen LogP contribution is -2.75. The first-order valence-corrected chi connectivity index (χ1v) is 14.8. The number of aromatic nitrogens is 1. The van der Waals surface area contributed by atoms with Gasteiger partial charge in [0, 0.05) is 30.5 Å². The van der Waals surface area contributed by atoms with Gasteiger partial charge < -0.3 is 14.9 Å². The molecule has 0 bridgehead atoms. The summed E-state index contributed by atoms with van der Waals surface area (Å²) in [5.74, 6) is 0.290. The number of phenols is 1. The molecule has 186 valence electrons. The molecule has 1 aromatic heterocycles. The molecule has 0 atom stereocenters. The number of benzene rings is 4. The quantitative estimate of drug-likeness (QED) is 0.266. The molecule has 2 heterocycles. The Morgan fingerprint density at radius 3 is 2.00 bits per heavy atom. The minimum absolute atomic E-state index is 0.290. The van der Waals surface area contributed by atoms with E-state index in [9.17, 15) is 5.11 Å². The first-order valence-electron chi connectivity index (χ1n) is 12.8. The van der Waals surface area contributed by atoms with E-state index in [-0.39, 0.29) is 5.75 Å². The standard InChI is InChI=1S/C33H29N3OSi/c37-32-19-8-7-18-31(32)36-23-22-35(26-36)25-27-12-11-17-30(24-27)38(28-13-3-1-4-14-28,29-15-5-2-6-16-29)33-20-9-10-21-34-33/h1-24,37H,25-26H2. The summed E-state index contributed by atoms with van der Waals surface area (Å²) in [6.07, 6.45) is 6.03. The van der Waals surface area contributed by atoms with Gasteiger partial charge in [0.2, 0.25) is 8.07 Å². The second-order valence-corrected chi connectivity index (χ2v) is 13.3. The van der Waals surface area contributed by atoms with Crippen molar-refractivity contribution in [2.45, 2.75) is 6.54 Å². The van der Waals surface area contributed by atoms with Crippen molar-refractivity contribution in [1.82, 2.24) is 9.88 Å². The molecule has 1 aliphatic rings. The summed E-state index contributed by atoms with van der Waals surface area (Å²) < 4.78 is 0. The molecule has 0 amide bonds. The number of nitrogens with zero attached hydrogens (tertiary/aromatic N) is 3. The topological polar surface area (TPSA) is 39.6 Å². The highest BCUT2D eigenvalue weighted by Crippen LogP contribution is 2.29. The van der Waals surface area contributed by atoms with E-state index in [1.54, 1.807) is 6.07 Å². The van der Waals surface area contributed by atoms with Crippen LogP contribution in [0.2, 0.25) is 0 Å². The van der Waals surface area contributed by atoms with E-state index in [4.69, 9.17) is 4.98 Å². The normalized spacial score (nSPS) is 13.2. The zero-order chi connectivity index (χ0) is 25.8. The Morgan fingerprint density at radius 2 is 1.32 bits per heavy atom. The van der Waals surface area contributed by atoms with Gasteiger partial charge >= 0.3 is 0 Å². The van der Waals surface area contributed by atoms with Gasteiger partial charge in [-0.05, 0) is 45.4 Å². The van der Waals surface area contributed by atoms with Crippen molar-refractivity contribution in [3.63, 3.8) is 0 Å². The molecule has 0 spiro atoms. The van der Waals surface area contributed by atoms with E-state index in [0.29, 0.717) is 6.67 Å². The summed E-state index contributed by atoms with van der Waals surface area (Å²) in [5.41, 5.74) is 2.06. The monoisotopic (exact) mass is 511 g/mol. The molecular formula is C33H29N3OSi. The Labute approximate surface area is 224 Å². The number of para-hydroxylation sites is 2. The van der Waals surface area contributed by atoms with Crippen LogP contribution < -0.4 is 25.8 Å². The highest BCUT2D eigenvalue weighted by molar-refractivity contribution is 7.19. The third kappa shape index (κ3) is 4.38. The number of anilines is 1. The van der Waals surface area contributed by atoms with Crippen LogP contribution in [0.1, 0.15) is 5.56 Å². The molecule has 0 aliphatic carbocycles. The minimum Gasteiger partial charge on any atom is -0.506 e. The summed E-state index contributed by atoms with van der Waals surface area (Å²) in [5, 5.41) is 15.4. The molecule has 5 heteroatoms. The fraction of sp³-hybridized carbons (Fsp3) is 0.0606. The van der Waals surface area contributed by atoms with Crippen LogP contribution >= 0.6 is 0 Å². The van der Waals surface area contributed by atoms with Gasteiger partial charge in [-0.1, -0.05) is 103 Å². The van der Waals surface area contributed by atoms with Crippen LogP contribution in [0.4, 0.5) is 5.69 Å². The van der Waals surface area contributed by atoms with Crippen molar-refractivity contribution < 1.29 is 5.11 Å². The van der Waals surface area contributed by atoms with Crippen LogP contribution in [0.15, 0.2) is 146 Å². The van der Waals surface area contributed by atoms with Crippen molar-refractivity contribution in [1.29, 1.82) is 0 Å². The molecule has 0 unspecified atom stereocenters. The maximum Gasteiger partial charge on any atom is 0.201 e. The fourth-order valence-corrected chi connectivity index (χ4v) is 10.1. The summed E-state index contributed by atoms with van der Waals surface area (Å²) in [6, 6.07) is 44.5. The largest absolute Gasteiger partial charge is 0.506 e. The van der Waals surface area contributed by atoms with Crippen molar-refractivity contribution in [3.05, 3.63) is 152 Å². The summed E-state index contributed by atoms with van der Waals surface area (Å²) in [6.45, 7) is 1.45. The van der Waals surface area contributed by atoms with E-state index < -0.39 is 8.07 Å². The second-order valence-electron chi connectivity index (χ2n) is 9.54. The van der Waals surface area contributed by atoms with E-state index in [1.165, 1.54) is 21.1 Å². The highest BCUT2D eigenvalue weighted by Gasteiger charge is 2.42. The van der Waals surface area contributed by atoms with E-state index >= 15 is 0 Å². The molecule has 1 aliphatic heterocycles. The highest BCUT2D eigenvalue weighted by atomic mass is 28.3. The maximum absolute atomic E-state index is 10.3. The number of rotatable bonds is 7. The number of hydrogen-bond acceptors (Lipinski definition) is 4. The maximum atomic E-state index is 10.3. The Balaban J connectivity index is 1.41. The van der Waals surface area contributed by atoms with Crippen LogP contribution in [-0.2, 0) is 6.54 Å². The van der Waals surface area contributed by atoms with Crippen molar-refractivity contribution in [3.8, 4) is 5.75 Å². The average Bonchev–Trinajstić information content (AvgIpc) is 3.44. The molecule has 38 heavy (non-hydrogen) atoms. The molecule has 4 aromatic carbocycles. The Bertz CT molecular complexity index is 1440. The SMILES string of the molecule is Oc1ccccc1N1C=CN(Cc2cccc([Si](c3ccccc3)(c3ccccc3)c3ccccn3)c2)C1. The fourth-order valence-electron chi connectivity index (χ4n) is 5.47. The lowest BCUT2D eigenvalue weighted by molar-refractivity contribution is 0.398. The lowest BCUT2D eigenvalue weighted by Gasteiger charge is -2.33. The van der Waals surface area contributed by atoms with Gasteiger partial charge in [-0.25, -0.2) is 0 Å². The molecule has 0 saturated heterocycles. The van der Waals surface area contributed by atoms with Crippen molar-refractivity contribution >= 4 is 34.6 Å². The van der Waals surface area contributed by atoms with Crippen LogP contribution in [-0.4, -0.2) is 29.7 Å². The summed E-state index contributed by atoms with van der Waals surface area (Å²) in [4.78, 5) is 9.31. The zero-order valence-corrected chi connectivity index (χ0v) is 22.1. The first-order chi connectivity index (χ1) is 18.7. The Kier molecular flexibility index (Phi) is 6.50. The molecule has 0 fully saturated rings. The lowest BCUT2D eigenvalue weighted by atomic mass is 10.2. The smallest absolute Gasteiger partial charge is 0.201 e. The number of phenolic OH excluding ortho intramolecular Hbond substituents is 1.